The number of benzene rings is 1. The van der Waals surface area contributed by atoms with E-state index in [2.05, 4.69) is 56.0 Å². The minimum absolute atomic E-state index is 0.141. The summed E-state index contributed by atoms with van der Waals surface area (Å²) in [6, 6.07) is 8.75. The van der Waals surface area contributed by atoms with Crippen molar-refractivity contribution in [3.05, 3.63) is 64.9 Å². The first-order valence-corrected chi connectivity index (χ1v) is 5.44. The molecule has 0 saturated carbocycles. The Hall–Kier alpha value is -1.52. The van der Waals surface area contributed by atoms with Crippen LogP contribution < -0.4 is 0 Å². The van der Waals surface area contributed by atoms with Gasteiger partial charge in [0.2, 0.25) is 0 Å². The second-order valence-corrected chi connectivity index (χ2v) is 4.80. The number of hydrogen-bond donors (Lipinski definition) is 0. The zero-order valence-corrected chi connectivity index (χ0v) is 9.12. The van der Waals surface area contributed by atoms with Crippen molar-refractivity contribution in [3.63, 3.8) is 0 Å². The number of fused-ring (bicyclic) bond motifs is 3. The molecule has 15 heavy (non-hydrogen) atoms. The van der Waals surface area contributed by atoms with Gasteiger partial charge in [-0.2, -0.15) is 0 Å². The molecule has 74 valence electrons. The van der Waals surface area contributed by atoms with Gasteiger partial charge in [0.05, 0.1) is 0 Å². The predicted molar refractivity (Wildman–Crippen MR) is 62.9 cm³/mol. The van der Waals surface area contributed by atoms with Gasteiger partial charge in [0, 0.05) is 11.3 Å². The monoisotopic (exact) mass is 194 g/mol. The standard InChI is InChI=1S/C15H14/c1-15(2)13-9-5-3-7-11(13)12-8-4-6-10-14(12)15/h3-9,12H,1-2H3. The predicted octanol–water partition coefficient (Wildman–Crippen LogP) is 3.71. The van der Waals surface area contributed by atoms with Crippen LogP contribution in [0.3, 0.4) is 0 Å². The van der Waals surface area contributed by atoms with Gasteiger partial charge in [0.25, 0.3) is 0 Å². The highest BCUT2D eigenvalue weighted by Crippen LogP contribution is 2.50. The molecule has 0 radical (unpaired) electrons. The van der Waals surface area contributed by atoms with Gasteiger partial charge in [0.1, 0.15) is 0 Å². The molecular weight excluding hydrogens is 180 g/mol. The van der Waals surface area contributed by atoms with E-state index in [-0.39, 0.29) is 5.41 Å². The minimum atomic E-state index is 0.141. The van der Waals surface area contributed by atoms with E-state index in [4.69, 9.17) is 0 Å². The van der Waals surface area contributed by atoms with E-state index in [0.717, 1.165) is 0 Å². The van der Waals surface area contributed by atoms with Crippen molar-refractivity contribution in [1.29, 1.82) is 0 Å². The van der Waals surface area contributed by atoms with Crippen molar-refractivity contribution in [2.45, 2.75) is 25.2 Å². The van der Waals surface area contributed by atoms with Crippen molar-refractivity contribution in [2.24, 2.45) is 0 Å². The molecule has 1 aromatic rings. The number of allylic oxidation sites excluding steroid dienone is 3. The minimum Gasteiger partial charge on any atom is -0.120 e. The Morgan fingerprint density at radius 2 is 2.00 bits per heavy atom. The lowest BCUT2D eigenvalue weighted by atomic mass is 9.81. The van der Waals surface area contributed by atoms with Gasteiger partial charge < -0.3 is 0 Å². The molecule has 0 spiro atoms. The molecule has 1 aromatic carbocycles. The lowest BCUT2D eigenvalue weighted by Crippen LogP contribution is -2.15. The van der Waals surface area contributed by atoms with Gasteiger partial charge in [-0.3, -0.25) is 0 Å². The van der Waals surface area contributed by atoms with Crippen molar-refractivity contribution < 1.29 is 0 Å². The lowest BCUT2D eigenvalue weighted by molar-refractivity contribution is 0.635. The van der Waals surface area contributed by atoms with Gasteiger partial charge in [0.15, 0.2) is 0 Å². The van der Waals surface area contributed by atoms with Crippen LogP contribution in [-0.4, -0.2) is 0 Å². The Labute approximate surface area is 90.6 Å². The SMILES string of the molecule is CC1(C)C2=C=CC=CC2c2ccccc21. The third-order valence-electron chi connectivity index (χ3n) is 3.59. The normalized spacial score (nSPS) is 24.7. The third-order valence-corrected chi connectivity index (χ3v) is 3.59. The fourth-order valence-corrected chi connectivity index (χ4v) is 2.80. The fourth-order valence-electron chi connectivity index (χ4n) is 2.80. The molecule has 0 fully saturated rings. The molecule has 0 nitrogen and oxygen atoms in total. The maximum atomic E-state index is 3.42. The fraction of sp³-hybridized carbons (Fsp3) is 0.267. The molecule has 0 aromatic heterocycles. The molecule has 0 saturated heterocycles. The molecule has 0 N–H and O–H groups in total. The second-order valence-electron chi connectivity index (χ2n) is 4.80. The summed E-state index contributed by atoms with van der Waals surface area (Å²) < 4.78 is 0. The Balaban J connectivity index is 2.35. The van der Waals surface area contributed by atoms with E-state index in [1.54, 1.807) is 0 Å². The quantitative estimate of drug-likeness (QED) is 0.552. The highest BCUT2D eigenvalue weighted by atomic mass is 14.4. The molecule has 2 aliphatic rings. The summed E-state index contributed by atoms with van der Waals surface area (Å²) in [5, 5.41) is 0. The molecular formula is C15H14. The summed E-state index contributed by atoms with van der Waals surface area (Å²) in [4.78, 5) is 0. The largest absolute Gasteiger partial charge is 0.120 e. The van der Waals surface area contributed by atoms with Crippen LogP contribution in [0.2, 0.25) is 0 Å². The molecule has 0 aliphatic heterocycles. The summed E-state index contributed by atoms with van der Waals surface area (Å²) in [5.41, 5.74) is 7.88. The van der Waals surface area contributed by atoms with Crippen LogP contribution in [-0.2, 0) is 5.41 Å². The average molecular weight is 194 g/mol. The van der Waals surface area contributed by atoms with E-state index < -0.39 is 0 Å². The Kier molecular flexibility index (Phi) is 1.60. The average Bonchev–Trinajstić information content (AvgIpc) is 2.51. The molecule has 1 unspecified atom stereocenters. The first-order chi connectivity index (χ1) is 7.21. The molecule has 3 rings (SSSR count). The molecule has 0 bridgehead atoms. The van der Waals surface area contributed by atoms with Gasteiger partial charge in [-0.25, -0.2) is 0 Å². The van der Waals surface area contributed by atoms with Crippen LogP contribution in [0.15, 0.2) is 53.8 Å². The maximum absolute atomic E-state index is 3.42. The van der Waals surface area contributed by atoms with Crippen LogP contribution in [0.4, 0.5) is 0 Å². The van der Waals surface area contributed by atoms with E-state index in [0.29, 0.717) is 5.92 Å². The van der Waals surface area contributed by atoms with Gasteiger partial charge >= 0.3 is 0 Å². The van der Waals surface area contributed by atoms with Crippen LogP contribution in [0, 0.1) is 0 Å². The molecule has 1 atom stereocenters. The number of hydrogen-bond acceptors (Lipinski definition) is 0. The van der Waals surface area contributed by atoms with Crippen molar-refractivity contribution in [1.82, 2.24) is 0 Å². The third kappa shape index (κ3) is 1.03. The van der Waals surface area contributed by atoms with Crippen LogP contribution in [0.1, 0.15) is 30.9 Å². The Bertz CT molecular complexity index is 509. The molecule has 0 heterocycles. The van der Waals surface area contributed by atoms with Crippen LogP contribution >= 0.6 is 0 Å². The summed E-state index contributed by atoms with van der Waals surface area (Å²) in [6.07, 6.45) is 6.41. The van der Waals surface area contributed by atoms with E-state index >= 15 is 0 Å². The summed E-state index contributed by atoms with van der Waals surface area (Å²) in [6.45, 7) is 4.59. The van der Waals surface area contributed by atoms with Crippen LogP contribution in [0.5, 0.6) is 0 Å². The van der Waals surface area contributed by atoms with E-state index in [1.807, 2.05) is 6.08 Å². The zero-order valence-electron chi connectivity index (χ0n) is 9.12. The van der Waals surface area contributed by atoms with E-state index in [1.165, 1.54) is 16.7 Å². The van der Waals surface area contributed by atoms with Crippen LogP contribution in [0.25, 0.3) is 0 Å². The zero-order chi connectivity index (χ0) is 10.5. The summed E-state index contributed by atoms with van der Waals surface area (Å²) in [5.74, 6) is 0.459. The molecule has 2 aliphatic carbocycles. The summed E-state index contributed by atoms with van der Waals surface area (Å²) >= 11 is 0. The van der Waals surface area contributed by atoms with Gasteiger partial charge in [-0.05, 0) is 22.8 Å². The highest BCUT2D eigenvalue weighted by molar-refractivity contribution is 5.57. The Morgan fingerprint density at radius 3 is 2.87 bits per heavy atom. The smallest absolute Gasteiger partial charge is 0.0319 e. The highest BCUT2D eigenvalue weighted by Gasteiger charge is 2.40. The topological polar surface area (TPSA) is 0 Å². The lowest BCUT2D eigenvalue weighted by Gasteiger charge is -2.22. The van der Waals surface area contributed by atoms with Crippen molar-refractivity contribution >= 4 is 0 Å². The second kappa shape index (κ2) is 2.74. The van der Waals surface area contributed by atoms with Gasteiger partial charge in [-0.1, -0.05) is 50.3 Å². The molecule has 0 amide bonds. The maximum Gasteiger partial charge on any atom is 0.0319 e. The first kappa shape index (κ1) is 8.76. The van der Waals surface area contributed by atoms with Crippen molar-refractivity contribution in [3.8, 4) is 0 Å². The summed E-state index contributed by atoms with van der Waals surface area (Å²) in [7, 11) is 0. The van der Waals surface area contributed by atoms with E-state index in [9.17, 15) is 0 Å². The first-order valence-electron chi connectivity index (χ1n) is 5.44. The number of rotatable bonds is 0. The van der Waals surface area contributed by atoms with Gasteiger partial charge in [-0.15, -0.1) is 5.73 Å². The van der Waals surface area contributed by atoms with Crippen molar-refractivity contribution in [2.75, 3.05) is 0 Å². The molecule has 0 heteroatoms. The Morgan fingerprint density at radius 1 is 1.20 bits per heavy atom.